The summed E-state index contributed by atoms with van der Waals surface area (Å²) in [4.78, 5) is 13.9. The van der Waals surface area contributed by atoms with E-state index in [0.717, 1.165) is 0 Å². The minimum atomic E-state index is 0.145. The van der Waals surface area contributed by atoms with Crippen molar-refractivity contribution in [1.82, 2.24) is 4.98 Å². The highest BCUT2D eigenvalue weighted by atomic mass is 16.5. The molecule has 0 amide bonds. The Balaban J connectivity index is 2.50. The number of H-pyrrole nitrogens is 1. The van der Waals surface area contributed by atoms with E-state index in [1.807, 2.05) is 0 Å². The van der Waals surface area contributed by atoms with Crippen molar-refractivity contribution in [2.24, 2.45) is 0 Å². The number of aromatic nitrogens is 1. The minimum Gasteiger partial charge on any atom is -0.491 e. The number of nitrogens with one attached hydrogen (secondary N) is 1. The Morgan fingerprint density at radius 1 is 1.60 bits per heavy atom. The zero-order valence-electron chi connectivity index (χ0n) is 5.39. The number of rotatable bonds is 0. The summed E-state index contributed by atoms with van der Waals surface area (Å²) in [5, 5.41) is 0. The van der Waals surface area contributed by atoms with Gasteiger partial charge in [0.25, 0.3) is 0 Å². The smallest absolute Gasteiger partial charge is 0.186 e. The Kier molecular flexibility index (Phi) is 1.03. The Hall–Kier alpha value is -1.25. The lowest BCUT2D eigenvalue weighted by Gasteiger charge is -2.10. The third-order valence-corrected chi connectivity index (χ3v) is 1.57. The summed E-state index contributed by atoms with van der Waals surface area (Å²) in [6.45, 7) is 0.518. The number of ketones is 1. The molecule has 2 rings (SSSR count). The second-order valence-corrected chi connectivity index (χ2v) is 2.24. The van der Waals surface area contributed by atoms with E-state index < -0.39 is 0 Å². The molecule has 10 heavy (non-hydrogen) atoms. The van der Waals surface area contributed by atoms with E-state index in [2.05, 4.69) is 4.98 Å². The van der Waals surface area contributed by atoms with Gasteiger partial charge in [0, 0.05) is 12.6 Å². The highest BCUT2D eigenvalue weighted by molar-refractivity contribution is 5.97. The fourth-order valence-electron chi connectivity index (χ4n) is 1.07. The average Bonchev–Trinajstić information content (AvgIpc) is 2.36. The fourth-order valence-corrected chi connectivity index (χ4v) is 1.07. The predicted molar refractivity (Wildman–Crippen MR) is 35.2 cm³/mol. The molecule has 1 aliphatic rings. The topological polar surface area (TPSA) is 42.1 Å². The van der Waals surface area contributed by atoms with Crippen LogP contribution in [0, 0.1) is 0 Å². The summed E-state index contributed by atoms with van der Waals surface area (Å²) < 4.78 is 5.18. The molecule has 0 saturated heterocycles. The van der Waals surface area contributed by atoms with Crippen molar-refractivity contribution < 1.29 is 9.53 Å². The highest BCUT2D eigenvalue weighted by Crippen LogP contribution is 2.22. The van der Waals surface area contributed by atoms with E-state index >= 15 is 0 Å². The molecule has 1 aromatic rings. The first kappa shape index (κ1) is 5.53. The van der Waals surface area contributed by atoms with Crippen molar-refractivity contribution in [2.75, 3.05) is 6.61 Å². The summed E-state index contributed by atoms with van der Waals surface area (Å²) in [5.41, 5.74) is 0.617. The van der Waals surface area contributed by atoms with Crippen LogP contribution in [0.3, 0.4) is 0 Å². The number of fused-ring (bicyclic) bond motifs is 1. The summed E-state index contributed by atoms with van der Waals surface area (Å²) in [6.07, 6.45) is 2.21. The molecule has 1 N–H and O–H groups in total. The number of aromatic amines is 1. The van der Waals surface area contributed by atoms with Crippen LogP contribution in [0.5, 0.6) is 5.75 Å². The molecule has 1 aromatic heterocycles. The first-order valence-electron chi connectivity index (χ1n) is 3.21. The standard InChI is InChI=1S/C7H7NO2/c9-5-2-4-10-6-1-3-8-7(5)6/h1,3,8H,2,4H2. The molecule has 0 spiro atoms. The summed E-state index contributed by atoms with van der Waals surface area (Å²) in [6, 6.07) is 1.77. The SMILES string of the molecule is O=C1CCOc2cc[nH]c21. The number of carbonyl (C=O) groups is 1. The Bertz CT molecular complexity index is 264. The summed E-state index contributed by atoms with van der Waals surface area (Å²) in [5.74, 6) is 0.836. The van der Waals surface area contributed by atoms with Crippen molar-refractivity contribution in [3.63, 3.8) is 0 Å². The number of hydrogen-bond acceptors (Lipinski definition) is 2. The van der Waals surface area contributed by atoms with Gasteiger partial charge in [-0.15, -0.1) is 0 Å². The van der Waals surface area contributed by atoms with Gasteiger partial charge in [0.05, 0.1) is 6.61 Å². The van der Waals surface area contributed by atoms with E-state index in [9.17, 15) is 4.79 Å². The van der Waals surface area contributed by atoms with Crippen LogP contribution in [0.15, 0.2) is 12.3 Å². The van der Waals surface area contributed by atoms with Gasteiger partial charge in [-0.25, -0.2) is 0 Å². The third-order valence-electron chi connectivity index (χ3n) is 1.57. The van der Waals surface area contributed by atoms with Crippen molar-refractivity contribution in [1.29, 1.82) is 0 Å². The van der Waals surface area contributed by atoms with Gasteiger partial charge in [0.15, 0.2) is 5.78 Å². The third kappa shape index (κ3) is 0.635. The second-order valence-electron chi connectivity index (χ2n) is 2.24. The van der Waals surface area contributed by atoms with Gasteiger partial charge in [-0.2, -0.15) is 0 Å². The van der Waals surface area contributed by atoms with Crippen LogP contribution in [-0.4, -0.2) is 17.4 Å². The molecule has 3 nitrogen and oxygen atoms in total. The van der Waals surface area contributed by atoms with Gasteiger partial charge in [-0.05, 0) is 6.07 Å². The van der Waals surface area contributed by atoms with Crippen LogP contribution >= 0.6 is 0 Å². The molecule has 1 aliphatic heterocycles. The predicted octanol–water partition coefficient (Wildman–Crippen LogP) is 0.980. The molecule has 0 saturated carbocycles. The summed E-state index contributed by atoms with van der Waals surface area (Å²) in [7, 11) is 0. The molecule has 3 heteroatoms. The van der Waals surface area contributed by atoms with Crippen LogP contribution in [0.4, 0.5) is 0 Å². The lowest BCUT2D eigenvalue weighted by atomic mass is 10.2. The average molecular weight is 137 g/mol. The first-order chi connectivity index (χ1) is 4.88. The van der Waals surface area contributed by atoms with Crippen LogP contribution in [0.2, 0.25) is 0 Å². The molecule has 0 radical (unpaired) electrons. The van der Waals surface area contributed by atoms with Gasteiger partial charge in [0.2, 0.25) is 0 Å². The van der Waals surface area contributed by atoms with Crippen LogP contribution in [0.25, 0.3) is 0 Å². The molecule has 0 atom stereocenters. The van der Waals surface area contributed by atoms with Crippen molar-refractivity contribution >= 4 is 5.78 Å². The molecular formula is C7H7NO2. The van der Waals surface area contributed by atoms with E-state index in [1.165, 1.54) is 0 Å². The van der Waals surface area contributed by atoms with Crippen LogP contribution in [-0.2, 0) is 0 Å². The van der Waals surface area contributed by atoms with E-state index in [1.54, 1.807) is 12.3 Å². The quantitative estimate of drug-likeness (QED) is 0.579. The van der Waals surface area contributed by atoms with Gasteiger partial charge in [0.1, 0.15) is 11.4 Å². The molecule has 0 unspecified atom stereocenters. The largest absolute Gasteiger partial charge is 0.491 e. The normalized spacial score (nSPS) is 16.2. The van der Waals surface area contributed by atoms with Crippen LogP contribution in [0.1, 0.15) is 16.9 Å². The highest BCUT2D eigenvalue weighted by Gasteiger charge is 2.18. The maximum absolute atomic E-state index is 11.0. The molecule has 0 fully saturated rings. The minimum absolute atomic E-state index is 0.145. The lowest BCUT2D eigenvalue weighted by molar-refractivity contribution is 0.0929. The number of Topliss-reactive ketones (excluding diaryl/α,β-unsaturated/α-hetero) is 1. The zero-order valence-corrected chi connectivity index (χ0v) is 5.39. The number of hydrogen-bond donors (Lipinski definition) is 1. The van der Waals surface area contributed by atoms with E-state index in [0.29, 0.717) is 24.5 Å². The molecular weight excluding hydrogens is 130 g/mol. The first-order valence-corrected chi connectivity index (χ1v) is 3.21. The maximum Gasteiger partial charge on any atom is 0.186 e. The molecule has 52 valence electrons. The van der Waals surface area contributed by atoms with Gasteiger partial charge in [-0.1, -0.05) is 0 Å². The second kappa shape index (κ2) is 1.87. The fraction of sp³-hybridized carbons (Fsp3) is 0.286. The van der Waals surface area contributed by atoms with Crippen molar-refractivity contribution in [3.8, 4) is 5.75 Å². The van der Waals surface area contributed by atoms with Crippen molar-refractivity contribution in [3.05, 3.63) is 18.0 Å². The van der Waals surface area contributed by atoms with Crippen LogP contribution < -0.4 is 4.74 Å². The van der Waals surface area contributed by atoms with E-state index in [-0.39, 0.29) is 5.78 Å². The Morgan fingerprint density at radius 2 is 2.50 bits per heavy atom. The maximum atomic E-state index is 11.0. The number of carbonyl (C=O) groups excluding carboxylic acids is 1. The Morgan fingerprint density at radius 3 is 3.30 bits per heavy atom. The van der Waals surface area contributed by atoms with Gasteiger partial charge < -0.3 is 9.72 Å². The lowest BCUT2D eigenvalue weighted by Crippen LogP contribution is -2.14. The summed E-state index contributed by atoms with van der Waals surface area (Å²) >= 11 is 0. The molecule has 0 aromatic carbocycles. The number of ether oxygens (including phenoxy) is 1. The monoisotopic (exact) mass is 137 g/mol. The molecule has 0 aliphatic carbocycles. The van der Waals surface area contributed by atoms with Crippen molar-refractivity contribution in [2.45, 2.75) is 6.42 Å². The van der Waals surface area contributed by atoms with Gasteiger partial charge in [-0.3, -0.25) is 4.79 Å². The van der Waals surface area contributed by atoms with E-state index in [4.69, 9.17) is 4.74 Å². The Labute approximate surface area is 58.0 Å². The van der Waals surface area contributed by atoms with Gasteiger partial charge >= 0.3 is 0 Å². The zero-order chi connectivity index (χ0) is 6.97. The molecule has 2 heterocycles. The molecule has 0 bridgehead atoms.